The fourth-order valence-corrected chi connectivity index (χ4v) is 3.23. The third kappa shape index (κ3) is 3.64. The molecule has 20 heavy (non-hydrogen) atoms. The first kappa shape index (κ1) is 16.8. The van der Waals surface area contributed by atoms with Crippen LogP contribution in [0.4, 0.5) is 0 Å². The number of likely N-dealkylation sites (tertiary alicyclic amines) is 1. The second kappa shape index (κ2) is 8.12. The molecule has 0 aromatic rings. The Hall–Kier alpha value is -1.26. The second-order valence-electron chi connectivity index (χ2n) is 5.77. The summed E-state index contributed by atoms with van der Waals surface area (Å²) in [7, 11) is 0. The molecule has 1 amide bonds. The molecule has 0 spiro atoms. The molecule has 116 valence electrons. The van der Waals surface area contributed by atoms with Crippen LogP contribution in [0.3, 0.4) is 0 Å². The summed E-state index contributed by atoms with van der Waals surface area (Å²) >= 11 is 0. The van der Waals surface area contributed by atoms with Crippen LogP contribution in [0.15, 0.2) is 5.16 Å². The minimum Gasteiger partial charge on any atom is -0.409 e. The molecule has 0 saturated carbocycles. The predicted octanol–water partition coefficient (Wildman–Crippen LogP) is 2.72. The molecule has 1 heterocycles. The Morgan fingerprint density at radius 1 is 1.15 bits per heavy atom. The zero-order valence-electron chi connectivity index (χ0n) is 12.9. The maximum Gasteiger partial charge on any atom is 0.236 e. The Morgan fingerprint density at radius 3 is 2.05 bits per heavy atom. The standard InChI is InChI=1S/C15H29N3O2/c1-3-9-15(10-4-2,13(16)17-20)14(19)18-11-7-5-6-8-12-18/h20H,3-12H2,1-2H3,(H2,16,17). The third-order valence-electron chi connectivity index (χ3n) is 4.25. The van der Waals surface area contributed by atoms with Crippen LogP contribution < -0.4 is 5.73 Å². The molecule has 0 aromatic heterocycles. The van der Waals surface area contributed by atoms with Crippen molar-refractivity contribution < 1.29 is 10.0 Å². The van der Waals surface area contributed by atoms with E-state index in [9.17, 15) is 4.79 Å². The molecule has 0 radical (unpaired) electrons. The zero-order chi connectivity index (χ0) is 15.0. The summed E-state index contributed by atoms with van der Waals surface area (Å²) in [5, 5.41) is 12.3. The molecule has 1 fully saturated rings. The number of amides is 1. The molecular formula is C15H29N3O2. The van der Waals surface area contributed by atoms with Crippen molar-refractivity contribution in [3.63, 3.8) is 0 Å². The average Bonchev–Trinajstić information content (AvgIpc) is 2.74. The minimum atomic E-state index is -0.817. The van der Waals surface area contributed by atoms with E-state index in [-0.39, 0.29) is 11.7 Å². The van der Waals surface area contributed by atoms with Crippen LogP contribution in [0.1, 0.15) is 65.2 Å². The highest BCUT2D eigenvalue weighted by atomic mass is 16.4. The van der Waals surface area contributed by atoms with Crippen molar-refractivity contribution in [2.45, 2.75) is 65.2 Å². The van der Waals surface area contributed by atoms with Gasteiger partial charge in [0.25, 0.3) is 0 Å². The van der Waals surface area contributed by atoms with Gasteiger partial charge in [0.05, 0.1) is 0 Å². The van der Waals surface area contributed by atoms with E-state index < -0.39 is 5.41 Å². The van der Waals surface area contributed by atoms with Gasteiger partial charge in [-0.1, -0.05) is 44.7 Å². The lowest BCUT2D eigenvalue weighted by Crippen LogP contribution is -2.51. The minimum absolute atomic E-state index is 0.0541. The first-order valence-corrected chi connectivity index (χ1v) is 7.89. The van der Waals surface area contributed by atoms with Crippen LogP contribution >= 0.6 is 0 Å². The van der Waals surface area contributed by atoms with Gasteiger partial charge in [0, 0.05) is 13.1 Å². The number of oxime groups is 1. The van der Waals surface area contributed by atoms with Gasteiger partial charge in [-0.05, 0) is 25.7 Å². The van der Waals surface area contributed by atoms with Crippen molar-refractivity contribution in [3.8, 4) is 0 Å². The summed E-state index contributed by atoms with van der Waals surface area (Å²) in [6, 6.07) is 0. The second-order valence-corrected chi connectivity index (χ2v) is 5.77. The van der Waals surface area contributed by atoms with Gasteiger partial charge in [-0.15, -0.1) is 0 Å². The highest BCUT2D eigenvalue weighted by molar-refractivity contribution is 6.06. The summed E-state index contributed by atoms with van der Waals surface area (Å²) in [5.74, 6) is 0.133. The Labute approximate surface area is 122 Å². The number of rotatable bonds is 6. The highest BCUT2D eigenvalue weighted by Gasteiger charge is 2.43. The van der Waals surface area contributed by atoms with Crippen molar-refractivity contribution in [1.29, 1.82) is 0 Å². The lowest BCUT2D eigenvalue weighted by atomic mass is 9.76. The van der Waals surface area contributed by atoms with E-state index in [1.807, 2.05) is 18.7 Å². The summed E-state index contributed by atoms with van der Waals surface area (Å²) in [6.45, 7) is 5.66. The van der Waals surface area contributed by atoms with E-state index in [4.69, 9.17) is 10.9 Å². The smallest absolute Gasteiger partial charge is 0.236 e. The maximum atomic E-state index is 13.0. The molecule has 1 aliphatic heterocycles. The van der Waals surface area contributed by atoms with E-state index in [1.54, 1.807) is 0 Å². The Kier molecular flexibility index (Phi) is 6.82. The van der Waals surface area contributed by atoms with Gasteiger partial charge in [-0.3, -0.25) is 4.79 Å². The van der Waals surface area contributed by atoms with Gasteiger partial charge < -0.3 is 15.8 Å². The van der Waals surface area contributed by atoms with E-state index in [1.165, 1.54) is 12.8 Å². The number of hydrogen-bond donors (Lipinski definition) is 2. The fraction of sp³-hybridized carbons (Fsp3) is 0.867. The molecular weight excluding hydrogens is 254 g/mol. The van der Waals surface area contributed by atoms with Crippen molar-refractivity contribution in [1.82, 2.24) is 4.90 Å². The number of nitrogens with two attached hydrogens (primary N) is 1. The normalized spacial score (nSPS) is 17.9. The summed E-state index contributed by atoms with van der Waals surface area (Å²) in [4.78, 5) is 14.9. The van der Waals surface area contributed by atoms with E-state index in [2.05, 4.69) is 5.16 Å². The SMILES string of the molecule is CCCC(CCC)(C(=O)N1CCCCCC1)C(N)=NO. The summed E-state index contributed by atoms with van der Waals surface area (Å²) in [6.07, 6.45) is 7.44. The van der Waals surface area contributed by atoms with Gasteiger partial charge in [0.1, 0.15) is 5.41 Å². The first-order valence-electron chi connectivity index (χ1n) is 7.89. The maximum absolute atomic E-state index is 13.0. The molecule has 1 aliphatic rings. The molecule has 3 N–H and O–H groups in total. The molecule has 0 unspecified atom stereocenters. The van der Waals surface area contributed by atoms with Crippen LogP contribution in [0.25, 0.3) is 0 Å². The Balaban J connectivity index is 3.03. The quantitative estimate of drug-likeness (QED) is 0.340. The molecule has 1 saturated heterocycles. The fourth-order valence-electron chi connectivity index (χ4n) is 3.23. The van der Waals surface area contributed by atoms with E-state index in [0.29, 0.717) is 12.8 Å². The molecule has 5 nitrogen and oxygen atoms in total. The highest BCUT2D eigenvalue weighted by Crippen LogP contribution is 2.33. The van der Waals surface area contributed by atoms with Gasteiger partial charge in [-0.25, -0.2) is 0 Å². The summed E-state index contributed by atoms with van der Waals surface area (Å²) in [5.41, 5.74) is 5.11. The Bertz CT molecular complexity index is 328. The lowest BCUT2D eigenvalue weighted by molar-refractivity contribution is -0.139. The molecule has 0 aliphatic carbocycles. The molecule has 5 heteroatoms. The predicted molar refractivity (Wildman–Crippen MR) is 80.7 cm³/mol. The van der Waals surface area contributed by atoms with Gasteiger partial charge in [-0.2, -0.15) is 0 Å². The number of hydrogen-bond acceptors (Lipinski definition) is 3. The van der Waals surface area contributed by atoms with Gasteiger partial charge >= 0.3 is 0 Å². The van der Waals surface area contributed by atoms with Crippen molar-refractivity contribution in [3.05, 3.63) is 0 Å². The summed E-state index contributed by atoms with van der Waals surface area (Å²) < 4.78 is 0. The van der Waals surface area contributed by atoms with Gasteiger partial charge in [0.15, 0.2) is 5.84 Å². The topological polar surface area (TPSA) is 78.9 Å². The lowest BCUT2D eigenvalue weighted by Gasteiger charge is -2.36. The number of carbonyl (C=O) groups is 1. The van der Waals surface area contributed by atoms with Crippen LogP contribution in [0, 0.1) is 5.41 Å². The van der Waals surface area contributed by atoms with Crippen molar-refractivity contribution in [2.75, 3.05) is 13.1 Å². The monoisotopic (exact) mass is 283 g/mol. The van der Waals surface area contributed by atoms with E-state index in [0.717, 1.165) is 38.8 Å². The average molecular weight is 283 g/mol. The third-order valence-corrected chi connectivity index (χ3v) is 4.25. The van der Waals surface area contributed by atoms with E-state index >= 15 is 0 Å². The largest absolute Gasteiger partial charge is 0.409 e. The molecule has 0 atom stereocenters. The number of amidine groups is 1. The van der Waals surface area contributed by atoms with Crippen LogP contribution in [0.5, 0.6) is 0 Å². The van der Waals surface area contributed by atoms with Crippen LogP contribution in [-0.4, -0.2) is 34.9 Å². The number of nitrogens with zero attached hydrogens (tertiary/aromatic N) is 2. The first-order chi connectivity index (χ1) is 9.62. The van der Waals surface area contributed by atoms with Crippen LogP contribution in [-0.2, 0) is 4.79 Å². The van der Waals surface area contributed by atoms with Gasteiger partial charge in [0.2, 0.25) is 5.91 Å². The number of carbonyl (C=O) groups excluding carboxylic acids is 1. The van der Waals surface area contributed by atoms with Crippen molar-refractivity contribution >= 4 is 11.7 Å². The zero-order valence-corrected chi connectivity index (χ0v) is 12.9. The molecule has 0 bridgehead atoms. The molecule has 1 rings (SSSR count). The van der Waals surface area contributed by atoms with Crippen molar-refractivity contribution in [2.24, 2.45) is 16.3 Å². The Morgan fingerprint density at radius 2 is 1.65 bits per heavy atom. The van der Waals surface area contributed by atoms with Crippen LogP contribution in [0.2, 0.25) is 0 Å². The molecule has 0 aromatic carbocycles.